The van der Waals surface area contributed by atoms with E-state index in [1.54, 1.807) is 12.4 Å². The molecule has 1 fully saturated rings. The molecule has 0 saturated carbocycles. The minimum Gasteiger partial charge on any atom is -0.384 e. The van der Waals surface area contributed by atoms with Crippen molar-refractivity contribution >= 4 is 11.6 Å². The molecule has 110 valence electrons. The lowest BCUT2D eigenvalue weighted by Crippen LogP contribution is -2.32. The summed E-state index contributed by atoms with van der Waals surface area (Å²) >= 11 is 0. The molecule has 0 aliphatic carbocycles. The number of amides is 1. The zero-order chi connectivity index (χ0) is 14.4. The number of aromatic nitrogens is 1. The van der Waals surface area contributed by atoms with E-state index >= 15 is 0 Å². The Morgan fingerprint density at radius 3 is 3.10 bits per heavy atom. The first-order valence-corrected chi connectivity index (χ1v) is 7.69. The van der Waals surface area contributed by atoms with Crippen LogP contribution < -0.4 is 5.32 Å². The molecule has 1 atom stereocenters. The smallest absolute Gasteiger partial charge is 0.257 e. The maximum atomic E-state index is 12.7. The van der Waals surface area contributed by atoms with Crippen molar-refractivity contribution < 1.29 is 4.79 Å². The van der Waals surface area contributed by atoms with E-state index in [-0.39, 0.29) is 5.91 Å². The number of nitrogens with one attached hydrogen (secondary N) is 1. The van der Waals surface area contributed by atoms with Crippen LogP contribution >= 0.6 is 0 Å². The number of hydrogen-bond acceptors (Lipinski definition) is 3. The van der Waals surface area contributed by atoms with Crippen LogP contribution in [0, 0.1) is 5.92 Å². The lowest BCUT2D eigenvalue weighted by atomic mass is 10.0. The Morgan fingerprint density at radius 1 is 1.45 bits per heavy atom. The van der Waals surface area contributed by atoms with Gasteiger partial charge in [-0.15, -0.1) is 0 Å². The standard InChI is InChI=1S/C16H25N3O/c1-3-8-18-15-6-9-17-12-14(15)16(20)19-10-4-5-13(2)7-11-19/h6,9,12-13H,3-5,7-8,10-11H2,1-2H3,(H,17,18). The van der Waals surface area contributed by atoms with E-state index in [0.717, 1.165) is 50.5 Å². The van der Waals surface area contributed by atoms with Gasteiger partial charge in [-0.25, -0.2) is 0 Å². The second kappa shape index (κ2) is 7.27. The number of carbonyl (C=O) groups excluding carboxylic acids is 1. The summed E-state index contributed by atoms with van der Waals surface area (Å²) in [5.74, 6) is 0.838. The third kappa shape index (κ3) is 3.71. The van der Waals surface area contributed by atoms with Crippen LogP contribution in [0.15, 0.2) is 18.5 Å². The van der Waals surface area contributed by atoms with Crippen LogP contribution in [0.4, 0.5) is 5.69 Å². The van der Waals surface area contributed by atoms with Crippen molar-refractivity contribution in [1.82, 2.24) is 9.88 Å². The molecule has 1 aliphatic heterocycles. The molecule has 1 amide bonds. The monoisotopic (exact) mass is 275 g/mol. The van der Waals surface area contributed by atoms with Crippen LogP contribution in [0.3, 0.4) is 0 Å². The molecular formula is C16H25N3O. The van der Waals surface area contributed by atoms with E-state index in [2.05, 4.69) is 24.1 Å². The number of likely N-dealkylation sites (tertiary alicyclic amines) is 1. The molecule has 0 spiro atoms. The average molecular weight is 275 g/mol. The first-order chi connectivity index (χ1) is 9.72. The fraction of sp³-hybridized carbons (Fsp3) is 0.625. The molecule has 4 heteroatoms. The minimum atomic E-state index is 0.116. The molecule has 1 aromatic heterocycles. The van der Waals surface area contributed by atoms with Gasteiger partial charge >= 0.3 is 0 Å². The summed E-state index contributed by atoms with van der Waals surface area (Å²) in [5.41, 5.74) is 1.61. The van der Waals surface area contributed by atoms with Crippen molar-refractivity contribution in [2.45, 2.75) is 39.5 Å². The largest absolute Gasteiger partial charge is 0.384 e. The molecule has 0 bridgehead atoms. The average Bonchev–Trinajstić information content (AvgIpc) is 2.69. The van der Waals surface area contributed by atoms with Crippen LogP contribution in [-0.4, -0.2) is 35.4 Å². The zero-order valence-electron chi connectivity index (χ0n) is 12.6. The second-order valence-corrected chi connectivity index (χ2v) is 5.68. The van der Waals surface area contributed by atoms with Crippen LogP contribution in [0.1, 0.15) is 49.9 Å². The summed E-state index contributed by atoms with van der Waals surface area (Å²) in [6, 6.07) is 1.89. The Bertz CT molecular complexity index is 447. The quantitative estimate of drug-likeness (QED) is 0.918. The second-order valence-electron chi connectivity index (χ2n) is 5.68. The van der Waals surface area contributed by atoms with Crippen molar-refractivity contribution in [1.29, 1.82) is 0 Å². The number of pyridine rings is 1. The van der Waals surface area contributed by atoms with Gasteiger partial charge in [0.05, 0.1) is 11.3 Å². The van der Waals surface area contributed by atoms with Crippen LogP contribution in [0.2, 0.25) is 0 Å². The molecule has 2 rings (SSSR count). The van der Waals surface area contributed by atoms with Gasteiger partial charge in [-0.05, 0) is 37.7 Å². The van der Waals surface area contributed by atoms with Gasteiger partial charge in [0.2, 0.25) is 0 Å². The fourth-order valence-electron chi connectivity index (χ4n) is 2.62. The Hall–Kier alpha value is -1.58. The highest BCUT2D eigenvalue weighted by molar-refractivity contribution is 5.99. The molecule has 1 unspecified atom stereocenters. The van der Waals surface area contributed by atoms with Crippen molar-refractivity contribution in [2.24, 2.45) is 5.92 Å². The molecule has 1 aliphatic rings. The van der Waals surface area contributed by atoms with E-state index in [0.29, 0.717) is 5.56 Å². The predicted octanol–water partition coefficient (Wildman–Crippen LogP) is 3.17. The van der Waals surface area contributed by atoms with E-state index in [4.69, 9.17) is 0 Å². The highest BCUT2D eigenvalue weighted by atomic mass is 16.2. The minimum absolute atomic E-state index is 0.116. The van der Waals surface area contributed by atoms with Gasteiger partial charge in [0.15, 0.2) is 0 Å². The van der Waals surface area contributed by atoms with Gasteiger partial charge in [0.25, 0.3) is 5.91 Å². The van der Waals surface area contributed by atoms with E-state index in [9.17, 15) is 4.79 Å². The van der Waals surface area contributed by atoms with E-state index < -0.39 is 0 Å². The number of carbonyl (C=O) groups is 1. The normalized spacial score (nSPS) is 19.5. The lowest BCUT2D eigenvalue weighted by molar-refractivity contribution is 0.0761. The summed E-state index contributed by atoms with van der Waals surface area (Å²) < 4.78 is 0. The van der Waals surface area contributed by atoms with Crippen LogP contribution in [-0.2, 0) is 0 Å². The Balaban J connectivity index is 2.11. The first-order valence-electron chi connectivity index (χ1n) is 7.69. The summed E-state index contributed by atoms with van der Waals surface area (Å²) in [6.07, 6.45) is 7.89. The number of nitrogens with zero attached hydrogens (tertiary/aromatic N) is 2. The maximum Gasteiger partial charge on any atom is 0.257 e. The molecule has 1 aromatic rings. The molecule has 1 saturated heterocycles. The van der Waals surface area contributed by atoms with Crippen molar-refractivity contribution in [3.05, 3.63) is 24.0 Å². The van der Waals surface area contributed by atoms with Gasteiger partial charge in [-0.1, -0.05) is 13.8 Å². The van der Waals surface area contributed by atoms with Gasteiger partial charge in [0.1, 0.15) is 0 Å². The molecule has 0 aromatic carbocycles. The topological polar surface area (TPSA) is 45.2 Å². The summed E-state index contributed by atoms with van der Waals surface area (Å²) in [5, 5.41) is 3.32. The van der Waals surface area contributed by atoms with Crippen LogP contribution in [0.5, 0.6) is 0 Å². The lowest BCUT2D eigenvalue weighted by Gasteiger charge is -2.22. The SMILES string of the molecule is CCCNc1ccncc1C(=O)N1CCCC(C)CC1. The first kappa shape index (κ1) is 14.8. The third-order valence-corrected chi connectivity index (χ3v) is 3.92. The summed E-state index contributed by atoms with van der Waals surface area (Å²) in [6.45, 7) is 6.99. The van der Waals surface area contributed by atoms with Crippen molar-refractivity contribution in [3.8, 4) is 0 Å². The number of hydrogen-bond donors (Lipinski definition) is 1. The van der Waals surface area contributed by atoms with Gasteiger partial charge in [0, 0.05) is 32.0 Å². The molecule has 4 nitrogen and oxygen atoms in total. The summed E-state index contributed by atoms with van der Waals surface area (Å²) in [7, 11) is 0. The molecule has 0 radical (unpaired) electrons. The fourth-order valence-corrected chi connectivity index (χ4v) is 2.62. The zero-order valence-corrected chi connectivity index (χ0v) is 12.6. The van der Waals surface area contributed by atoms with Gasteiger partial charge < -0.3 is 10.2 Å². The number of anilines is 1. The predicted molar refractivity (Wildman–Crippen MR) is 81.9 cm³/mol. The number of rotatable bonds is 4. The molecular weight excluding hydrogens is 250 g/mol. The maximum absolute atomic E-state index is 12.7. The Labute approximate surface area is 121 Å². The Morgan fingerprint density at radius 2 is 2.30 bits per heavy atom. The third-order valence-electron chi connectivity index (χ3n) is 3.92. The molecule has 20 heavy (non-hydrogen) atoms. The van der Waals surface area contributed by atoms with Gasteiger partial charge in [-0.3, -0.25) is 9.78 Å². The molecule has 1 N–H and O–H groups in total. The summed E-state index contributed by atoms with van der Waals surface area (Å²) in [4.78, 5) is 18.8. The Kier molecular flexibility index (Phi) is 5.39. The highest BCUT2D eigenvalue weighted by Crippen LogP contribution is 2.21. The van der Waals surface area contributed by atoms with Gasteiger partial charge in [-0.2, -0.15) is 0 Å². The van der Waals surface area contributed by atoms with E-state index in [1.165, 1.54) is 6.42 Å². The van der Waals surface area contributed by atoms with Crippen molar-refractivity contribution in [3.63, 3.8) is 0 Å². The highest BCUT2D eigenvalue weighted by Gasteiger charge is 2.21. The molecule has 2 heterocycles. The van der Waals surface area contributed by atoms with Crippen LogP contribution in [0.25, 0.3) is 0 Å². The van der Waals surface area contributed by atoms with E-state index in [1.807, 2.05) is 11.0 Å². The van der Waals surface area contributed by atoms with Crippen molar-refractivity contribution in [2.75, 3.05) is 25.0 Å².